The van der Waals surface area contributed by atoms with Gasteiger partial charge in [0, 0.05) is 18.6 Å². The third kappa shape index (κ3) is 1.53. The Morgan fingerprint density at radius 3 is 2.71 bits per heavy atom. The molecule has 110 valence electrons. The van der Waals surface area contributed by atoms with Gasteiger partial charge in [-0.1, -0.05) is 20.4 Å². The van der Waals surface area contributed by atoms with Crippen molar-refractivity contribution in [1.82, 2.24) is 14.8 Å². The molecule has 4 nitrogen and oxygen atoms in total. The molecule has 0 N–H and O–H groups in total. The van der Waals surface area contributed by atoms with E-state index in [1.54, 1.807) is 0 Å². The van der Waals surface area contributed by atoms with E-state index in [1.165, 1.54) is 0 Å². The molecule has 0 amide bonds. The first-order valence-corrected chi connectivity index (χ1v) is 7.63. The molecule has 3 heterocycles. The largest absolute Gasteiger partial charge is 0.250 e. The normalized spacial score (nSPS) is 27.0. The van der Waals surface area contributed by atoms with Crippen molar-refractivity contribution in [2.75, 3.05) is 0 Å². The van der Waals surface area contributed by atoms with Crippen LogP contribution < -0.4 is 4.57 Å². The van der Waals surface area contributed by atoms with Crippen molar-refractivity contribution in [3.63, 3.8) is 0 Å². The molecule has 3 rings (SSSR count). The highest BCUT2D eigenvalue weighted by Crippen LogP contribution is 2.44. The second-order valence-electron chi connectivity index (χ2n) is 5.96. The average Bonchev–Trinajstić information content (AvgIpc) is 2.91. The van der Waals surface area contributed by atoms with Gasteiger partial charge in [-0.05, 0) is 32.4 Å². The van der Waals surface area contributed by atoms with Gasteiger partial charge in [-0.25, -0.2) is 9.67 Å². The molecule has 1 aliphatic rings. The van der Waals surface area contributed by atoms with Gasteiger partial charge in [0.05, 0.1) is 0 Å². The number of fused-ring (bicyclic) bond motifs is 3. The van der Waals surface area contributed by atoms with Crippen LogP contribution in [-0.2, 0) is 11.1 Å². The molecule has 0 saturated carbocycles. The Labute approximate surface area is 126 Å². The summed E-state index contributed by atoms with van der Waals surface area (Å²) in [4.78, 5) is 4.67. The lowest BCUT2D eigenvalue weighted by molar-refractivity contribution is -0.761. The molecule has 0 radical (unpaired) electrons. The molecule has 2 unspecified atom stereocenters. The SMILES string of the molecule is C=CC1(CC)[n+]2ccccc2-c2nc(C)nn2C1(C)CC. The molecule has 1 aliphatic heterocycles. The lowest BCUT2D eigenvalue weighted by Gasteiger charge is -2.44. The van der Waals surface area contributed by atoms with Crippen molar-refractivity contribution in [2.45, 2.75) is 51.6 Å². The van der Waals surface area contributed by atoms with Gasteiger partial charge in [-0.2, -0.15) is 9.67 Å². The Bertz CT molecular complexity index is 703. The first-order chi connectivity index (χ1) is 10.0. The van der Waals surface area contributed by atoms with E-state index in [1.807, 2.05) is 6.92 Å². The van der Waals surface area contributed by atoms with E-state index >= 15 is 0 Å². The second-order valence-corrected chi connectivity index (χ2v) is 5.96. The number of aromatic nitrogens is 4. The summed E-state index contributed by atoms with van der Waals surface area (Å²) >= 11 is 0. The van der Waals surface area contributed by atoms with Crippen molar-refractivity contribution >= 4 is 0 Å². The molecule has 0 aromatic carbocycles. The maximum atomic E-state index is 4.71. The minimum atomic E-state index is -0.203. The summed E-state index contributed by atoms with van der Waals surface area (Å²) in [5, 5.41) is 4.71. The molecule has 0 bridgehead atoms. The highest BCUT2D eigenvalue weighted by atomic mass is 15.4. The summed E-state index contributed by atoms with van der Waals surface area (Å²) in [6.07, 6.45) is 6.15. The number of allylic oxidation sites excluding steroid dienone is 1. The fourth-order valence-electron chi connectivity index (χ4n) is 3.81. The van der Waals surface area contributed by atoms with Crippen LogP contribution in [0.4, 0.5) is 0 Å². The monoisotopic (exact) mass is 283 g/mol. The third-order valence-electron chi connectivity index (χ3n) is 5.20. The lowest BCUT2D eigenvalue weighted by atomic mass is 9.72. The van der Waals surface area contributed by atoms with Crippen LogP contribution in [0.15, 0.2) is 37.1 Å². The average molecular weight is 283 g/mol. The van der Waals surface area contributed by atoms with E-state index in [-0.39, 0.29) is 11.1 Å². The van der Waals surface area contributed by atoms with Crippen molar-refractivity contribution in [3.05, 3.63) is 42.9 Å². The molecule has 2 atom stereocenters. The summed E-state index contributed by atoms with van der Waals surface area (Å²) in [7, 11) is 0. The van der Waals surface area contributed by atoms with Crippen molar-refractivity contribution in [1.29, 1.82) is 0 Å². The Morgan fingerprint density at radius 1 is 1.33 bits per heavy atom. The second kappa shape index (κ2) is 4.52. The quantitative estimate of drug-likeness (QED) is 0.641. The number of aryl methyl sites for hydroxylation is 1. The van der Waals surface area contributed by atoms with Crippen LogP contribution in [0.2, 0.25) is 0 Å². The third-order valence-corrected chi connectivity index (χ3v) is 5.20. The van der Waals surface area contributed by atoms with Crippen LogP contribution in [-0.4, -0.2) is 14.8 Å². The first-order valence-electron chi connectivity index (χ1n) is 7.63. The fourth-order valence-corrected chi connectivity index (χ4v) is 3.81. The number of pyridine rings is 1. The van der Waals surface area contributed by atoms with Gasteiger partial charge in [-0.3, -0.25) is 0 Å². The molecule has 0 fully saturated rings. The molecule has 0 saturated heterocycles. The number of hydrogen-bond donors (Lipinski definition) is 0. The van der Waals surface area contributed by atoms with E-state index < -0.39 is 0 Å². The van der Waals surface area contributed by atoms with Crippen LogP contribution in [0.25, 0.3) is 11.5 Å². The molecule has 0 spiro atoms. The van der Waals surface area contributed by atoms with Crippen LogP contribution in [0.3, 0.4) is 0 Å². The summed E-state index contributed by atoms with van der Waals surface area (Å²) in [5.74, 6) is 1.76. The Morgan fingerprint density at radius 2 is 2.10 bits per heavy atom. The van der Waals surface area contributed by atoms with Crippen molar-refractivity contribution in [2.24, 2.45) is 0 Å². The first kappa shape index (κ1) is 14.0. The predicted octanol–water partition coefficient (Wildman–Crippen LogP) is 2.97. The Kier molecular flexibility index (Phi) is 3.01. The zero-order valence-electron chi connectivity index (χ0n) is 13.3. The van der Waals surface area contributed by atoms with E-state index in [0.717, 1.165) is 30.2 Å². The van der Waals surface area contributed by atoms with Gasteiger partial charge in [0.15, 0.2) is 6.20 Å². The van der Waals surface area contributed by atoms with E-state index in [2.05, 4.69) is 72.1 Å². The summed E-state index contributed by atoms with van der Waals surface area (Å²) < 4.78 is 4.44. The van der Waals surface area contributed by atoms with E-state index in [0.29, 0.717) is 0 Å². The molecule has 21 heavy (non-hydrogen) atoms. The smallest absolute Gasteiger partial charge is 0.227 e. The standard InChI is InChI=1S/C17H23N4/c1-6-16(5)17(7-2,8-3)20-12-10-9-11-14(20)15-18-13(4)19-21(15)16/h7,9-12H,2,6,8H2,1,3-5H3/q+1. The minimum absolute atomic E-state index is 0.181. The Balaban J connectivity index is 2.46. The molecule has 2 aromatic heterocycles. The van der Waals surface area contributed by atoms with E-state index in [4.69, 9.17) is 5.10 Å². The van der Waals surface area contributed by atoms with Crippen LogP contribution in [0.1, 0.15) is 39.4 Å². The zero-order valence-corrected chi connectivity index (χ0v) is 13.3. The summed E-state index contributed by atoms with van der Waals surface area (Å²) in [5.41, 5.74) is 0.718. The maximum absolute atomic E-state index is 4.71. The number of rotatable bonds is 3. The topological polar surface area (TPSA) is 34.6 Å². The van der Waals surface area contributed by atoms with Crippen LogP contribution in [0.5, 0.6) is 0 Å². The van der Waals surface area contributed by atoms with Crippen molar-refractivity contribution < 1.29 is 4.57 Å². The van der Waals surface area contributed by atoms with Crippen LogP contribution >= 0.6 is 0 Å². The fraction of sp³-hybridized carbons (Fsp3) is 0.471. The molecular weight excluding hydrogens is 260 g/mol. The molecular formula is C17H23N4+. The molecule has 4 heteroatoms. The van der Waals surface area contributed by atoms with Gasteiger partial charge in [0.2, 0.25) is 11.4 Å². The predicted molar refractivity (Wildman–Crippen MR) is 82.8 cm³/mol. The van der Waals surface area contributed by atoms with Gasteiger partial charge >= 0.3 is 0 Å². The Hall–Kier alpha value is -1.97. The van der Waals surface area contributed by atoms with Crippen LogP contribution in [0, 0.1) is 6.92 Å². The van der Waals surface area contributed by atoms with Gasteiger partial charge < -0.3 is 0 Å². The lowest BCUT2D eigenvalue weighted by Crippen LogP contribution is -2.70. The van der Waals surface area contributed by atoms with Gasteiger partial charge in [-0.15, -0.1) is 0 Å². The number of hydrogen-bond acceptors (Lipinski definition) is 2. The zero-order chi connectivity index (χ0) is 15.3. The summed E-state index contributed by atoms with van der Waals surface area (Å²) in [6.45, 7) is 12.8. The maximum Gasteiger partial charge on any atom is 0.250 e. The summed E-state index contributed by atoms with van der Waals surface area (Å²) in [6, 6.07) is 6.24. The number of nitrogens with zero attached hydrogens (tertiary/aromatic N) is 4. The van der Waals surface area contributed by atoms with Gasteiger partial charge in [0.1, 0.15) is 11.4 Å². The minimum Gasteiger partial charge on any atom is -0.227 e. The highest BCUT2D eigenvalue weighted by Gasteiger charge is 2.59. The molecule has 2 aromatic rings. The van der Waals surface area contributed by atoms with Crippen molar-refractivity contribution in [3.8, 4) is 11.5 Å². The van der Waals surface area contributed by atoms with Gasteiger partial charge in [0.25, 0.3) is 5.69 Å². The molecule has 0 aliphatic carbocycles. The van der Waals surface area contributed by atoms with E-state index in [9.17, 15) is 0 Å². The highest BCUT2D eigenvalue weighted by molar-refractivity contribution is 5.48.